The van der Waals surface area contributed by atoms with Gasteiger partial charge in [0.1, 0.15) is 12.2 Å². The molecule has 122 valence electrons. The van der Waals surface area contributed by atoms with Gasteiger partial charge in [-0.05, 0) is 29.9 Å². The minimum Gasteiger partial charge on any atom is -0.395 e. The van der Waals surface area contributed by atoms with Crippen molar-refractivity contribution in [1.82, 2.24) is 4.90 Å². The minimum atomic E-state index is -0.979. The van der Waals surface area contributed by atoms with E-state index in [0.29, 0.717) is 12.5 Å². The summed E-state index contributed by atoms with van der Waals surface area (Å²) in [6.07, 6.45) is -0.282. The Morgan fingerprint density at radius 2 is 1.77 bits per heavy atom. The third kappa shape index (κ3) is 2.92. The van der Waals surface area contributed by atoms with E-state index in [1.165, 1.54) is 11.1 Å². The van der Waals surface area contributed by atoms with E-state index < -0.39 is 24.4 Å². The molecule has 4 atom stereocenters. The van der Waals surface area contributed by atoms with Crippen molar-refractivity contribution in [3.63, 3.8) is 0 Å². The Hall–Kier alpha value is -0.980. The molecule has 0 aromatic heterocycles. The Morgan fingerprint density at radius 3 is 2.32 bits per heavy atom. The van der Waals surface area contributed by atoms with Gasteiger partial charge in [-0.15, -0.1) is 0 Å². The predicted molar refractivity (Wildman–Crippen MR) is 82.6 cm³/mol. The largest absolute Gasteiger partial charge is 0.395 e. The van der Waals surface area contributed by atoms with Gasteiger partial charge >= 0.3 is 0 Å². The second-order valence-corrected chi connectivity index (χ2v) is 6.50. The summed E-state index contributed by atoms with van der Waals surface area (Å²) in [7, 11) is 1.55. The maximum absolute atomic E-state index is 10.2. The van der Waals surface area contributed by atoms with E-state index in [0.717, 1.165) is 19.4 Å². The zero-order valence-corrected chi connectivity index (χ0v) is 12.9. The number of nitrogens with zero attached hydrogens (tertiary/aromatic N) is 1. The standard InChI is InChI=1S/C17H25NO4/c1-22-15-9-18(14(10-19)16(20)17(15)21)8-11-6-12-4-2-3-5-13(12)7-11/h2-5,11,14-17,19-21H,6-10H2,1H3/t14-,15+,16-,17-/m1/s1. The second kappa shape index (κ2) is 6.64. The number of ether oxygens (including phenoxy) is 1. The number of hydrogen-bond acceptors (Lipinski definition) is 5. The number of likely N-dealkylation sites (tertiary alicyclic amines) is 1. The molecule has 5 nitrogen and oxygen atoms in total. The molecule has 1 saturated heterocycles. The fraction of sp³-hybridized carbons (Fsp3) is 0.647. The summed E-state index contributed by atoms with van der Waals surface area (Å²) in [4.78, 5) is 2.07. The van der Waals surface area contributed by atoms with Crippen molar-refractivity contribution < 1.29 is 20.1 Å². The molecule has 1 aromatic rings. The topological polar surface area (TPSA) is 73.2 Å². The average Bonchev–Trinajstić information content (AvgIpc) is 2.93. The van der Waals surface area contributed by atoms with E-state index in [2.05, 4.69) is 29.2 Å². The van der Waals surface area contributed by atoms with Crippen LogP contribution in [0.2, 0.25) is 0 Å². The highest BCUT2D eigenvalue weighted by Gasteiger charge is 2.42. The number of aliphatic hydroxyl groups excluding tert-OH is 3. The molecule has 0 unspecified atom stereocenters. The van der Waals surface area contributed by atoms with E-state index in [-0.39, 0.29) is 6.61 Å². The fourth-order valence-electron chi connectivity index (χ4n) is 3.90. The van der Waals surface area contributed by atoms with Crippen LogP contribution in [0.3, 0.4) is 0 Å². The van der Waals surface area contributed by atoms with E-state index in [1.54, 1.807) is 7.11 Å². The molecule has 1 aromatic carbocycles. The maximum atomic E-state index is 10.2. The first-order valence-electron chi connectivity index (χ1n) is 7.94. The summed E-state index contributed by atoms with van der Waals surface area (Å²) < 4.78 is 5.29. The van der Waals surface area contributed by atoms with Crippen LogP contribution in [-0.2, 0) is 17.6 Å². The molecule has 0 saturated carbocycles. The van der Waals surface area contributed by atoms with Crippen LogP contribution in [0.1, 0.15) is 11.1 Å². The van der Waals surface area contributed by atoms with Crippen molar-refractivity contribution in [2.75, 3.05) is 26.8 Å². The zero-order valence-electron chi connectivity index (χ0n) is 12.9. The highest BCUT2D eigenvalue weighted by molar-refractivity contribution is 5.32. The number of rotatable bonds is 4. The molecule has 5 heteroatoms. The number of piperidine rings is 1. The van der Waals surface area contributed by atoms with Crippen molar-refractivity contribution in [1.29, 1.82) is 0 Å². The first-order chi connectivity index (χ1) is 10.6. The summed E-state index contributed by atoms with van der Waals surface area (Å²) >= 11 is 0. The molecule has 0 radical (unpaired) electrons. The van der Waals surface area contributed by atoms with Gasteiger partial charge in [0.2, 0.25) is 0 Å². The van der Waals surface area contributed by atoms with Gasteiger partial charge in [-0.1, -0.05) is 24.3 Å². The molecule has 2 aliphatic rings. The van der Waals surface area contributed by atoms with Gasteiger partial charge in [-0.3, -0.25) is 4.90 Å². The summed E-state index contributed by atoms with van der Waals surface area (Å²) in [5, 5.41) is 29.9. The van der Waals surface area contributed by atoms with Crippen molar-refractivity contribution >= 4 is 0 Å². The lowest BCUT2D eigenvalue weighted by atomic mass is 9.92. The number of hydrogen-bond donors (Lipinski definition) is 3. The predicted octanol–water partition coefficient (Wildman–Crippen LogP) is -0.185. The Balaban J connectivity index is 1.68. The summed E-state index contributed by atoms with van der Waals surface area (Å²) in [5.74, 6) is 0.478. The SMILES string of the molecule is CO[C@H]1CN(CC2Cc3ccccc3C2)[C@H](CO)[C@@H](O)[C@@H]1O. The first-order valence-corrected chi connectivity index (χ1v) is 7.94. The monoisotopic (exact) mass is 307 g/mol. The summed E-state index contributed by atoms with van der Waals surface area (Å²) in [5.41, 5.74) is 2.79. The van der Waals surface area contributed by atoms with Gasteiger partial charge in [0.25, 0.3) is 0 Å². The number of methoxy groups -OCH3 is 1. The third-order valence-corrected chi connectivity index (χ3v) is 5.13. The molecule has 1 aliphatic carbocycles. The fourth-order valence-corrected chi connectivity index (χ4v) is 3.90. The van der Waals surface area contributed by atoms with Crippen LogP contribution in [0.25, 0.3) is 0 Å². The van der Waals surface area contributed by atoms with Crippen molar-refractivity contribution in [2.45, 2.75) is 37.2 Å². The zero-order chi connectivity index (χ0) is 15.7. The highest BCUT2D eigenvalue weighted by atomic mass is 16.5. The molecule has 0 amide bonds. The Morgan fingerprint density at radius 1 is 1.14 bits per heavy atom. The normalized spacial score (nSPS) is 33.1. The van der Waals surface area contributed by atoms with Crippen molar-refractivity contribution in [2.24, 2.45) is 5.92 Å². The molecule has 0 bridgehead atoms. The van der Waals surface area contributed by atoms with Crippen molar-refractivity contribution in [3.8, 4) is 0 Å². The molecular formula is C17H25NO4. The molecule has 1 heterocycles. The lowest BCUT2D eigenvalue weighted by molar-refractivity contribution is -0.156. The number of aliphatic hydroxyl groups is 3. The summed E-state index contributed by atoms with van der Waals surface area (Å²) in [6, 6.07) is 8.06. The first kappa shape index (κ1) is 15.9. The van der Waals surface area contributed by atoms with Gasteiger partial charge in [-0.2, -0.15) is 0 Å². The molecule has 3 N–H and O–H groups in total. The van der Waals surface area contributed by atoms with Crippen LogP contribution in [0.4, 0.5) is 0 Å². The van der Waals surface area contributed by atoms with E-state index in [4.69, 9.17) is 4.74 Å². The van der Waals surface area contributed by atoms with Crippen LogP contribution >= 0.6 is 0 Å². The number of benzene rings is 1. The molecule has 3 rings (SSSR count). The molecule has 1 aliphatic heterocycles. The van der Waals surface area contributed by atoms with Crippen LogP contribution in [-0.4, -0.2) is 71.4 Å². The molecular weight excluding hydrogens is 282 g/mol. The Kier molecular flexibility index (Phi) is 4.80. The van der Waals surface area contributed by atoms with Crippen LogP contribution in [0.5, 0.6) is 0 Å². The van der Waals surface area contributed by atoms with Gasteiger partial charge < -0.3 is 20.1 Å². The molecule has 22 heavy (non-hydrogen) atoms. The molecule has 1 fully saturated rings. The van der Waals surface area contributed by atoms with E-state index in [1.807, 2.05) is 0 Å². The van der Waals surface area contributed by atoms with Gasteiger partial charge in [-0.25, -0.2) is 0 Å². The van der Waals surface area contributed by atoms with Crippen molar-refractivity contribution in [3.05, 3.63) is 35.4 Å². The lowest BCUT2D eigenvalue weighted by Gasteiger charge is -2.45. The highest BCUT2D eigenvalue weighted by Crippen LogP contribution is 2.29. The second-order valence-electron chi connectivity index (χ2n) is 6.50. The molecule has 0 spiro atoms. The van der Waals surface area contributed by atoms with E-state index >= 15 is 0 Å². The third-order valence-electron chi connectivity index (χ3n) is 5.13. The van der Waals surface area contributed by atoms with Crippen LogP contribution in [0.15, 0.2) is 24.3 Å². The maximum Gasteiger partial charge on any atom is 0.109 e. The van der Waals surface area contributed by atoms with Crippen LogP contribution < -0.4 is 0 Å². The van der Waals surface area contributed by atoms with Gasteiger partial charge in [0, 0.05) is 20.2 Å². The Bertz CT molecular complexity index is 484. The Labute approximate surface area is 131 Å². The summed E-state index contributed by atoms with van der Waals surface area (Å²) in [6.45, 7) is 1.17. The average molecular weight is 307 g/mol. The smallest absolute Gasteiger partial charge is 0.109 e. The minimum absolute atomic E-state index is 0.158. The quantitative estimate of drug-likeness (QED) is 0.719. The van der Waals surface area contributed by atoms with Crippen LogP contribution in [0, 0.1) is 5.92 Å². The number of fused-ring (bicyclic) bond motifs is 1. The van der Waals surface area contributed by atoms with Gasteiger partial charge in [0.05, 0.1) is 18.8 Å². The van der Waals surface area contributed by atoms with Gasteiger partial charge in [0.15, 0.2) is 0 Å². The van der Waals surface area contributed by atoms with E-state index in [9.17, 15) is 15.3 Å². The lowest BCUT2D eigenvalue weighted by Crippen LogP contribution is -2.63.